The van der Waals surface area contributed by atoms with Crippen LogP contribution in [0.2, 0.25) is 0 Å². The monoisotopic (exact) mass is 644 g/mol. The molecule has 3 unspecified atom stereocenters. The van der Waals surface area contributed by atoms with Crippen molar-refractivity contribution in [1.82, 2.24) is 0 Å². The first-order valence-electron chi connectivity index (χ1n) is 18.3. The summed E-state index contributed by atoms with van der Waals surface area (Å²) in [6, 6.07) is 0. The van der Waals surface area contributed by atoms with Crippen molar-refractivity contribution >= 4 is 25.0 Å². The van der Waals surface area contributed by atoms with Gasteiger partial charge >= 0.3 is 17.9 Å². The molecule has 44 heavy (non-hydrogen) atoms. The molecule has 0 aliphatic rings. The van der Waals surface area contributed by atoms with Crippen LogP contribution in [0.15, 0.2) is 0 Å². The zero-order valence-corrected chi connectivity index (χ0v) is 30.3. The molecule has 0 fully saturated rings. The quantitative estimate of drug-likeness (QED) is 0.0524. The maximum Gasteiger partial charge on any atom is 0.317 e. The highest BCUT2D eigenvalue weighted by molar-refractivity contribution is 7.71. The van der Waals surface area contributed by atoms with Gasteiger partial charge in [0.2, 0.25) is 0 Å². The lowest BCUT2D eigenvalue weighted by molar-refractivity contribution is -0.142. The molecule has 0 aromatic rings. The van der Waals surface area contributed by atoms with Crippen molar-refractivity contribution in [1.29, 1.82) is 0 Å². The van der Waals surface area contributed by atoms with Crippen LogP contribution < -0.4 is 0 Å². The van der Waals surface area contributed by atoms with E-state index in [1.54, 1.807) is 0 Å². The lowest BCUT2D eigenvalue weighted by Crippen LogP contribution is -2.59. The number of hydrogen-bond acceptors (Lipinski definition) is 4. The normalized spacial score (nSPS) is 17.2. The number of carboxylic acids is 3. The fourth-order valence-electron chi connectivity index (χ4n) is 7.53. The predicted octanol–water partition coefficient (Wildman–Crippen LogP) is 11.3. The molecular weight excluding hydrogens is 575 g/mol. The molecule has 260 valence electrons. The predicted molar refractivity (Wildman–Crippen MR) is 184 cm³/mol. The number of aliphatic carboxylic acids is 3. The molecule has 3 N–H and O–H groups in total. The number of unbranched alkanes of at least 4 members (excludes halogenated alkanes) is 12. The van der Waals surface area contributed by atoms with Gasteiger partial charge in [-0.05, 0) is 38.5 Å². The summed E-state index contributed by atoms with van der Waals surface area (Å²) in [7, 11) is -4.64. The summed E-state index contributed by atoms with van der Waals surface area (Å²) in [4.78, 5) is 41.8. The summed E-state index contributed by atoms with van der Waals surface area (Å²) in [5.41, 5.74) is 0. The molecule has 0 saturated heterocycles. The maximum atomic E-state index is 17.0. The van der Waals surface area contributed by atoms with Gasteiger partial charge in [0, 0.05) is 0 Å². The van der Waals surface area contributed by atoms with Gasteiger partial charge in [0.15, 0.2) is 0 Å². The summed E-state index contributed by atoms with van der Waals surface area (Å²) >= 11 is 0. The first-order chi connectivity index (χ1) is 20.9. The van der Waals surface area contributed by atoms with Gasteiger partial charge in [-0.2, -0.15) is 0 Å². The minimum Gasteiger partial charge on any atom is -0.480 e. The van der Waals surface area contributed by atoms with Crippen molar-refractivity contribution < 1.29 is 34.3 Å². The van der Waals surface area contributed by atoms with Crippen LogP contribution in [0.5, 0.6) is 0 Å². The third-order valence-corrected chi connectivity index (χ3v) is 15.7. The molecule has 0 rings (SSSR count). The van der Waals surface area contributed by atoms with Crippen LogP contribution in [0, 0.1) is 0 Å². The van der Waals surface area contributed by atoms with E-state index in [9.17, 15) is 29.7 Å². The third-order valence-electron chi connectivity index (χ3n) is 10.2. The second-order valence-corrected chi connectivity index (χ2v) is 17.1. The van der Waals surface area contributed by atoms with Gasteiger partial charge in [0.05, 0.1) is 0 Å². The lowest BCUT2D eigenvalue weighted by Gasteiger charge is -2.55. The number of hydrogen-bond donors (Lipinski definition) is 3. The Hall–Kier alpha value is -1.36. The molecule has 0 aliphatic carbocycles. The minimum atomic E-state index is -4.64. The Morgan fingerprint density at radius 2 is 0.591 bits per heavy atom. The minimum absolute atomic E-state index is 0.0501. The summed E-state index contributed by atoms with van der Waals surface area (Å²) < 4.78 is 17.0. The van der Waals surface area contributed by atoms with Gasteiger partial charge in [0.25, 0.3) is 0 Å². The number of carboxylic acid groups (broad SMARTS) is 3. The first kappa shape index (κ1) is 42.6. The Kier molecular flexibility index (Phi) is 21.5. The van der Waals surface area contributed by atoms with E-state index in [0.29, 0.717) is 57.8 Å². The van der Waals surface area contributed by atoms with Crippen LogP contribution >= 0.6 is 7.14 Å². The standard InChI is InChI=1S/C36H69O7P/c1-7-13-19-22-28-34(31(37)38,25-16-10-4)44(43,35(32(39)40,26-17-11-5)29-23-20-14-8-2)36(33(41)42,27-18-12-6)30-24-21-15-9-3/h7-30H2,1-6H3,(H,37,38)(H,39,40)(H,41,42). The highest BCUT2D eigenvalue weighted by Gasteiger charge is 2.75. The van der Waals surface area contributed by atoms with Crippen molar-refractivity contribution in [2.75, 3.05) is 0 Å². The molecule has 0 aromatic heterocycles. The van der Waals surface area contributed by atoms with Crippen LogP contribution in [0.25, 0.3) is 0 Å². The SMILES string of the molecule is CCCCCCC(CCCC)(C(=O)O)P(=O)(C(CCCC)(CCCCCC)C(=O)O)C(CCCC)(CCCCCC)C(=O)O. The Balaban J connectivity index is 8.25. The molecule has 0 saturated carbocycles. The van der Waals surface area contributed by atoms with Gasteiger partial charge in [-0.3, -0.25) is 14.4 Å². The van der Waals surface area contributed by atoms with E-state index in [4.69, 9.17) is 0 Å². The average Bonchev–Trinajstić information content (AvgIpc) is 2.99. The largest absolute Gasteiger partial charge is 0.480 e. The summed E-state index contributed by atoms with van der Waals surface area (Å²) in [6.07, 6.45) is 12.9. The molecule has 8 heteroatoms. The summed E-state index contributed by atoms with van der Waals surface area (Å²) in [6.45, 7) is 12.1. The van der Waals surface area contributed by atoms with Crippen molar-refractivity contribution in [2.45, 2.75) is 211 Å². The molecular formula is C36H69O7P. The van der Waals surface area contributed by atoms with Gasteiger partial charge < -0.3 is 19.9 Å². The fraction of sp³-hybridized carbons (Fsp3) is 0.917. The third kappa shape index (κ3) is 10.1. The van der Waals surface area contributed by atoms with E-state index >= 15 is 4.57 Å². The lowest BCUT2D eigenvalue weighted by atomic mass is 9.91. The van der Waals surface area contributed by atoms with Crippen LogP contribution in [-0.4, -0.2) is 48.7 Å². The van der Waals surface area contributed by atoms with E-state index in [1.165, 1.54) is 0 Å². The molecule has 0 bridgehead atoms. The van der Waals surface area contributed by atoms with Crippen LogP contribution in [-0.2, 0) is 18.9 Å². The van der Waals surface area contributed by atoms with Gasteiger partial charge in [-0.25, -0.2) is 0 Å². The highest BCUT2D eigenvalue weighted by Crippen LogP contribution is 2.81. The van der Waals surface area contributed by atoms with Gasteiger partial charge in [-0.15, -0.1) is 0 Å². The van der Waals surface area contributed by atoms with E-state index < -0.39 is 40.5 Å². The van der Waals surface area contributed by atoms with Crippen molar-refractivity contribution in [3.05, 3.63) is 0 Å². The molecule has 0 aromatic carbocycles. The van der Waals surface area contributed by atoms with Crippen molar-refractivity contribution in [3.63, 3.8) is 0 Å². The average molecular weight is 645 g/mol. The fourth-order valence-corrected chi connectivity index (χ4v) is 13.6. The molecule has 0 spiro atoms. The maximum absolute atomic E-state index is 17.0. The summed E-state index contributed by atoms with van der Waals surface area (Å²) in [5.74, 6) is -3.76. The molecule has 3 atom stereocenters. The topological polar surface area (TPSA) is 129 Å². The molecule has 0 heterocycles. The van der Waals surface area contributed by atoms with Crippen molar-refractivity contribution in [3.8, 4) is 0 Å². The first-order valence-corrected chi connectivity index (χ1v) is 20.0. The van der Waals surface area contributed by atoms with E-state index in [0.717, 1.165) is 57.8 Å². The van der Waals surface area contributed by atoms with Crippen LogP contribution in [0.1, 0.15) is 196 Å². The van der Waals surface area contributed by atoms with Crippen molar-refractivity contribution in [2.24, 2.45) is 0 Å². The zero-order chi connectivity index (χ0) is 33.7. The van der Waals surface area contributed by atoms with E-state index in [-0.39, 0.29) is 38.5 Å². The van der Waals surface area contributed by atoms with Crippen LogP contribution in [0.4, 0.5) is 0 Å². The second kappa shape index (κ2) is 22.2. The summed E-state index contributed by atoms with van der Waals surface area (Å²) in [5, 5.41) is 28.3. The zero-order valence-electron chi connectivity index (χ0n) is 29.4. The Morgan fingerprint density at radius 3 is 0.773 bits per heavy atom. The van der Waals surface area contributed by atoms with Gasteiger partial charge in [0.1, 0.15) is 22.6 Å². The van der Waals surface area contributed by atoms with Gasteiger partial charge in [-0.1, -0.05) is 157 Å². The van der Waals surface area contributed by atoms with Crippen LogP contribution in [0.3, 0.4) is 0 Å². The van der Waals surface area contributed by atoms with E-state index in [1.807, 2.05) is 20.8 Å². The number of rotatable bonds is 30. The molecule has 0 aliphatic heterocycles. The molecule has 7 nitrogen and oxygen atoms in total. The Bertz CT molecular complexity index is 765. The number of carbonyl (C=O) groups is 3. The highest BCUT2D eigenvalue weighted by atomic mass is 31.2. The van der Waals surface area contributed by atoms with E-state index in [2.05, 4.69) is 20.8 Å². The Labute approximate surface area is 270 Å². The smallest absolute Gasteiger partial charge is 0.317 e. The molecule has 0 radical (unpaired) electrons. The Morgan fingerprint density at radius 1 is 0.386 bits per heavy atom. The molecule has 0 amide bonds. The second-order valence-electron chi connectivity index (χ2n) is 13.4.